The van der Waals surface area contributed by atoms with E-state index in [1.165, 1.54) is 113 Å². The van der Waals surface area contributed by atoms with E-state index in [9.17, 15) is 0 Å². The van der Waals surface area contributed by atoms with Crippen molar-refractivity contribution in [3.8, 4) is 16.8 Å². The molecule has 57 heavy (non-hydrogen) atoms. The van der Waals surface area contributed by atoms with Crippen molar-refractivity contribution in [3.05, 3.63) is 205 Å². The van der Waals surface area contributed by atoms with Gasteiger partial charge in [-0.05, 0) is 108 Å². The van der Waals surface area contributed by atoms with E-state index < -0.39 is 0 Å². The van der Waals surface area contributed by atoms with Crippen LogP contribution in [-0.4, -0.2) is 4.57 Å². The Kier molecular flexibility index (Phi) is 8.29. The lowest BCUT2D eigenvalue weighted by Crippen LogP contribution is -2.30. The van der Waals surface area contributed by atoms with Crippen LogP contribution in [0.2, 0.25) is 0 Å². The number of anilines is 3. The van der Waals surface area contributed by atoms with Crippen LogP contribution in [-0.2, 0) is 5.41 Å². The van der Waals surface area contributed by atoms with Crippen LogP contribution in [0, 0.1) is 0 Å². The summed E-state index contributed by atoms with van der Waals surface area (Å²) in [5, 5.41) is 5.14. The van der Waals surface area contributed by atoms with Gasteiger partial charge < -0.3 is 9.47 Å². The summed E-state index contributed by atoms with van der Waals surface area (Å²) in [7, 11) is 0. The van der Waals surface area contributed by atoms with Gasteiger partial charge in [-0.15, -0.1) is 11.3 Å². The van der Waals surface area contributed by atoms with Gasteiger partial charge in [0.15, 0.2) is 0 Å². The fraction of sp³-hybridized carbons (Fsp3) is 0.111. The van der Waals surface area contributed by atoms with Gasteiger partial charge in [-0.1, -0.05) is 141 Å². The lowest BCUT2D eigenvalue weighted by atomic mass is 9.65. The first-order valence-corrected chi connectivity index (χ1v) is 21.1. The molecule has 0 saturated heterocycles. The van der Waals surface area contributed by atoms with Crippen LogP contribution in [0.25, 0.3) is 58.8 Å². The lowest BCUT2D eigenvalue weighted by molar-refractivity contribution is 0.346. The van der Waals surface area contributed by atoms with E-state index in [-0.39, 0.29) is 5.41 Å². The first kappa shape index (κ1) is 33.9. The number of hydrogen-bond donors (Lipinski definition) is 0. The number of thiophene rings is 1. The maximum atomic E-state index is 2.47. The topological polar surface area (TPSA) is 8.17 Å². The number of para-hydroxylation sites is 2. The minimum Gasteiger partial charge on any atom is -0.310 e. The summed E-state index contributed by atoms with van der Waals surface area (Å²) in [5.41, 5.74) is 12.5. The van der Waals surface area contributed by atoms with Gasteiger partial charge in [-0.2, -0.15) is 0 Å². The molecule has 2 nitrogen and oxygen atoms in total. The Bertz CT molecular complexity index is 3020. The van der Waals surface area contributed by atoms with E-state index in [1.807, 2.05) is 11.3 Å². The molecular weight excluding hydrogens is 709 g/mol. The monoisotopic (exact) mass is 750 g/mol. The average molecular weight is 751 g/mol. The molecule has 0 bridgehead atoms. The van der Waals surface area contributed by atoms with Gasteiger partial charge in [0.2, 0.25) is 0 Å². The van der Waals surface area contributed by atoms with E-state index in [1.54, 1.807) is 0 Å². The Balaban J connectivity index is 1.03. The van der Waals surface area contributed by atoms with E-state index >= 15 is 0 Å². The Morgan fingerprint density at radius 2 is 1.04 bits per heavy atom. The van der Waals surface area contributed by atoms with Gasteiger partial charge in [0, 0.05) is 53.4 Å². The zero-order valence-corrected chi connectivity index (χ0v) is 32.6. The van der Waals surface area contributed by atoms with E-state index in [0.29, 0.717) is 0 Å². The number of fused-ring (bicyclic) bond motifs is 6. The van der Waals surface area contributed by atoms with Crippen LogP contribution in [0.5, 0.6) is 0 Å². The molecular formula is C54H42N2S. The summed E-state index contributed by atoms with van der Waals surface area (Å²) in [6.45, 7) is 0. The average Bonchev–Trinajstić information content (AvgIpc) is 3.84. The zero-order chi connectivity index (χ0) is 37.8. The summed E-state index contributed by atoms with van der Waals surface area (Å²) < 4.78 is 5.00. The molecule has 8 aromatic carbocycles. The predicted molar refractivity (Wildman–Crippen MR) is 244 cm³/mol. The van der Waals surface area contributed by atoms with Gasteiger partial charge in [-0.3, -0.25) is 0 Å². The molecule has 0 spiro atoms. The molecule has 0 aliphatic heterocycles. The number of rotatable bonds is 7. The second-order valence-electron chi connectivity index (χ2n) is 15.6. The quantitative estimate of drug-likeness (QED) is 0.157. The maximum Gasteiger partial charge on any atom is 0.0554 e. The highest BCUT2D eigenvalue weighted by Crippen LogP contribution is 2.48. The van der Waals surface area contributed by atoms with Crippen molar-refractivity contribution in [1.29, 1.82) is 0 Å². The second-order valence-corrected chi connectivity index (χ2v) is 16.7. The van der Waals surface area contributed by atoms with Crippen molar-refractivity contribution in [1.82, 2.24) is 4.57 Å². The van der Waals surface area contributed by atoms with Crippen LogP contribution in [0.3, 0.4) is 0 Å². The van der Waals surface area contributed by atoms with Crippen molar-refractivity contribution < 1.29 is 0 Å². The molecule has 2 aromatic heterocycles. The third kappa shape index (κ3) is 5.68. The molecule has 0 unspecified atom stereocenters. The van der Waals surface area contributed by atoms with Crippen LogP contribution in [0.4, 0.5) is 17.1 Å². The van der Waals surface area contributed by atoms with Crippen LogP contribution in [0.15, 0.2) is 194 Å². The van der Waals surface area contributed by atoms with Gasteiger partial charge in [-0.25, -0.2) is 0 Å². The number of aromatic nitrogens is 1. The Morgan fingerprint density at radius 3 is 1.81 bits per heavy atom. The summed E-state index contributed by atoms with van der Waals surface area (Å²) in [6.07, 6.45) is 6.25. The molecule has 11 rings (SSSR count). The molecule has 1 saturated carbocycles. The first-order valence-electron chi connectivity index (χ1n) is 20.3. The highest BCUT2D eigenvalue weighted by molar-refractivity contribution is 7.26. The molecule has 1 aliphatic rings. The van der Waals surface area contributed by atoms with Crippen molar-refractivity contribution in [3.63, 3.8) is 0 Å². The third-order valence-corrected chi connectivity index (χ3v) is 13.6. The minimum atomic E-state index is 0.0581. The summed E-state index contributed by atoms with van der Waals surface area (Å²) in [6, 6.07) is 72.0. The van der Waals surface area contributed by atoms with Gasteiger partial charge in [0.1, 0.15) is 0 Å². The Labute approximate surface area is 337 Å². The van der Waals surface area contributed by atoms with Gasteiger partial charge in [0.05, 0.1) is 16.7 Å². The van der Waals surface area contributed by atoms with Crippen LogP contribution >= 0.6 is 11.3 Å². The molecule has 10 aromatic rings. The molecule has 0 amide bonds. The molecule has 2 heterocycles. The van der Waals surface area contributed by atoms with Gasteiger partial charge >= 0.3 is 0 Å². The fourth-order valence-electron chi connectivity index (χ4n) is 9.77. The van der Waals surface area contributed by atoms with Crippen LogP contribution in [0.1, 0.15) is 43.2 Å². The summed E-state index contributed by atoms with van der Waals surface area (Å²) in [5.74, 6) is 0. The standard InChI is InChI=1S/C54H42N2S/c1-4-15-40(16-5-1)54(35-12-3-13-36-54)41-28-32-44(33-29-41)55(50-22-14-24-52-53(50)46-20-9-11-23-51(46)57-52)43-30-25-38(26-31-43)39-27-34-49-47(37-39)45-19-8-10-21-48(45)56(49)42-17-6-2-7-18-42/h1-2,4-11,14-34,37H,3,12-13,35-36H2. The summed E-state index contributed by atoms with van der Waals surface area (Å²) >= 11 is 1.88. The number of benzene rings is 8. The van der Waals surface area contributed by atoms with Crippen LogP contribution < -0.4 is 4.90 Å². The molecule has 274 valence electrons. The largest absolute Gasteiger partial charge is 0.310 e. The SMILES string of the molecule is c1ccc(-n2c3ccccc3c3cc(-c4ccc(N(c5ccc(C6(c7ccccc7)CCCCC6)cc5)c5cccc6sc7ccccc7c56)cc4)ccc32)cc1. The van der Waals surface area contributed by atoms with E-state index in [4.69, 9.17) is 0 Å². The molecule has 0 atom stereocenters. The Hall–Kier alpha value is -6.42. The van der Waals surface area contributed by atoms with E-state index in [0.717, 1.165) is 5.69 Å². The molecule has 0 N–H and O–H groups in total. The third-order valence-electron chi connectivity index (χ3n) is 12.5. The second kappa shape index (κ2) is 14.0. The van der Waals surface area contributed by atoms with E-state index in [2.05, 4.69) is 204 Å². The van der Waals surface area contributed by atoms with Crippen molar-refractivity contribution in [2.75, 3.05) is 4.90 Å². The van der Waals surface area contributed by atoms with Crippen molar-refractivity contribution >= 4 is 70.4 Å². The molecule has 1 aliphatic carbocycles. The molecule has 0 radical (unpaired) electrons. The highest BCUT2D eigenvalue weighted by Gasteiger charge is 2.35. The fourth-order valence-corrected chi connectivity index (χ4v) is 10.9. The first-order chi connectivity index (χ1) is 28.2. The highest BCUT2D eigenvalue weighted by atomic mass is 32.1. The lowest BCUT2D eigenvalue weighted by Gasteiger charge is -2.39. The predicted octanol–water partition coefficient (Wildman–Crippen LogP) is 15.5. The maximum absolute atomic E-state index is 2.47. The smallest absolute Gasteiger partial charge is 0.0554 e. The normalized spacial score (nSPS) is 14.1. The summed E-state index contributed by atoms with van der Waals surface area (Å²) in [4.78, 5) is 2.47. The van der Waals surface area contributed by atoms with Crippen molar-refractivity contribution in [2.24, 2.45) is 0 Å². The zero-order valence-electron chi connectivity index (χ0n) is 31.8. The minimum absolute atomic E-state index is 0.0581. The molecule has 1 fully saturated rings. The Morgan fingerprint density at radius 1 is 0.439 bits per heavy atom. The van der Waals surface area contributed by atoms with Crippen molar-refractivity contribution in [2.45, 2.75) is 37.5 Å². The number of nitrogens with zero attached hydrogens (tertiary/aromatic N) is 2. The van der Waals surface area contributed by atoms with Gasteiger partial charge in [0.25, 0.3) is 0 Å². The number of hydrogen-bond acceptors (Lipinski definition) is 2. The molecule has 3 heteroatoms.